The van der Waals surface area contributed by atoms with Crippen molar-refractivity contribution in [3.05, 3.63) is 20.3 Å². The Kier molecular flexibility index (Phi) is 2.77. The molecular formula is C11H13BrN2OS. The van der Waals surface area contributed by atoms with Gasteiger partial charge in [-0.3, -0.25) is 9.69 Å². The Labute approximate surface area is 107 Å². The van der Waals surface area contributed by atoms with Crippen LogP contribution < -0.4 is 5.32 Å². The number of carbonyl (C=O) groups is 1. The lowest BCUT2D eigenvalue weighted by molar-refractivity contribution is 0.0796. The van der Waals surface area contributed by atoms with Crippen LogP contribution in [0.1, 0.15) is 34.5 Å². The lowest BCUT2D eigenvalue weighted by atomic mass is 10.1. The number of hydrogen-bond donors (Lipinski definition) is 1. The summed E-state index contributed by atoms with van der Waals surface area (Å²) < 4.78 is 1.04. The molecule has 3 heterocycles. The Morgan fingerprint density at radius 2 is 2.38 bits per heavy atom. The number of fused-ring (bicyclic) bond motifs is 2. The molecule has 16 heavy (non-hydrogen) atoms. The van der Waals surface area contributed by atoms with Crippen LogP contribution >= 0.6 is 27.3 Å². The molecule has 1 amide bonds. The summed E-state index contributed by atoms with van der Waals surface area (Å²) in [6.07, 6.45) is 3.80. The van der Waals surface area contributed by atoms with E-state index in [0.29, 0.717) is 0 Å². The number of hydrogen-bond acceptors (Lipinski definition) is 3. The van der Waals surface area contributed by atoms with Crippen LogP contribution in [0.15, 0.2) is 9.85 Å². The lowest BCUT2D eigenvalue weighted by Crippen LogP contribution is -2.48. The van der Waals surface area contributed by atoms with Crippen LogP contribution in [-0.2, 0) is 6.54 Å². The van der Waals surface area contributed by atoms with Crippen LogP contribution in [0.4, 0.5) is 0 Å². The zero-order valence-corrected chi connectivity index (χ0v) is 11.2. The van der Waals surface area contributed by atoms with Gasteiger partial charge in [0.2, 0.25) is 0 Å². The van der Waals surface area contributed by atoms with Gasteiger partial charge in [0.1, 0.15) is 0 Å². The topological polar surface area (TPSA) is 32.3 Å². The maximum atomic E-state index is 12.0. The number of nitrogens with zero attached hydrogens (tertiary/aromatic N) is 1. The fraction of sp³-hybridized carbons (Fsp3) is 0.545. The van der Waals surface area contributed by atoms with Gasteiger partial charge in [-0.1, -0.05) is 0 Å². The molecule has 0 radical (unpaired) electrons. The molecule has 3 nitrogen and oxygen atoms in total. The summed E-state index contributed by atoms with van der Waals surface area (Å²) in [6, 6.07) is 1.94. The molecule has 86 valence electrons. The molecule has 0 aliphatic carbocycles. The van der Waals surface area contributed by atoms with Crippen LogP contribution in [0.3, 0.4) is 0 Å². The van der Waals surface area contributed by atoms with Crippen LogP contribution in [0.25, 0.3) is 0 Å². The molecule has 2 aliphatic heterocycles. The zero-order valence-electron chi connectivity index (χ0n) is 8.83. The highest BCUT2D eigenvalue weighted by atomic mass is 79.9. The molecule has 1 aromatic rings. The summed E-state index contributed by atoms with van der Waals surface area (Å²) >= 11 is 5.13. The summed E-state index contributed by atoms with van der Waals surface area (Å²) in [5, 5.41) is 3.12. The quantitative estimate of drug-likeness (QED) is 0.799. The average Bonchev–Trinajstić information content (AvgIpc) is 2.57. The minimum atomic E-state index is 0.0892. The van der Waals surface area contributed by atoms with Crippen molar-refractivity contribution in [2.45, 2.75) is 32.0 Å². The van der Waals surface area contributed by atoms with E-state index in [0.717, 1.165) is 28.9 Å². The molecule has 1 saturated heterocycles. The molecular weight excluding hydrogens is 288 g/mol. The molecule has 1 atom stereocenters. The van der Waals surface area contributed by atoms with Gasteiger partial charge >= 0.3 is 0 Å². The van der Waals surface area contributed by atoms with E-state index in [-0.39, 0.29) is 12.1 Å². The molecule has 1 N–H and O–H groups in total. The summed E-state index contributed by atoms with van der Waals surface area (Å²) in [4.78, 5) is 15.6. The standard InChI is InChI=1S/C11H13BrN2OS/c12-9-5-7-8(16-9)6-14-4-2-1-3-10(14)13-11(7)15/h5,10H,1-4,6H2,(H,13,15)/t10-/m0/s1. The fourth-order valence-electron chi connectivity index (χ4n) is 2.46. The third-order valence-electron chi connectivity index (χ3n) is 3.28. The third-order valence-corrected chi connectivity index (χ3v) is 4.90. The van der Waals surface area contributed by atoms with Crippen molar-refractivity contribution in [2.75, 3.05) is 6.54 Å². The van der Waals surface area contributed by atoms with Gasteiger partial charge in [0, 0.05) is 18.0 Å². The minimum absolute atomic E-state index is 0.0892. The summed E-state index contributed by atoms with van der Waals surface area (Å²) in [6.45, 7) is 2.01. The number of rotatable bonds is 0. The van der Waals surface area contributed by atoms with E-state index >= 15 is 0 Å². The average molecular weight is 301 g/mol. The largest absolute Gasteiger partial charge is 0.336 e. The van der Waals surface area contributed by atoms with Crippen molar-refractivity contribution in [1.29, 1.82) is 0 Å². The number of amides is 1. The summed E-state index contributed by atoms with van der Waals surface area (Å²) in [5.41, 5.74) is 0.853. The van der Waals surface area contributed by atoms with Crippen LogP contribution in [-0.4, -0.2) is 23.5 Å². The van der Waals surface area contributed by atoms with E-state index < -0.39 is 0 Å². The second-order valence-electron chi connectivity index (χ2n) is 4.34. The second kappa shape index (κ2) is 4.13. The van der Waals surface area contributed by atoms with E-state index in [1.54, 1.807) is 11.3 Å². The number of carbonyl (C=O) groups excluding carboxylic acids is 1. The normalized spacial score (nSPS) is 25.6. The predicted molar refractivity (Wildman–Crippen MR) is 67.5 cm³/mol. The van der Waals surface area contributed by atoms with Crippen LogP contribution in [0.2, 0.25) is 0 Å². The van der Waals surface area contributed by atoms with Gasteiger partial charge in [-0.25, -0.2) is 0 Å². The molecule has 1 fully saturated rings. The SMILES string of the molecule is O=C1N[C@@H]2CCCCN2Cc2sc(Br)cc21. The Hall–Kier alpha value is -0.390. The summed E-state index contributed by atoms with van der Waals surface area (Å²) in [5.74, 6) is 0.0892. The Morgan fingerprint density at radius 1 is 1.50 bits per heavy atom. The first-order valence-corrected chi connectivity index (χ1v) is 7.18. The monoisotopic (exact) mass is 300 g/mol. The van der Waals surface area contributed by atoms with Crippen molar-refractivity contribution >= 4 is 33.2 Å². The molecule has 0 saturated carbocycles. The highest BCUT2D eigenvalue weighted by Crippen LogP contribution is 2.32. The van der Waals surface area contributed by atoms with Gasteiger partial charge in [-0.2, -0.15) is 0 Å². The first kappa shape index (κ1) is 10.7. The van der Waals surface area contributed by atoms with Crippen molar-refractivity contribution in [3.63, 3.8) is 0 Å². The zero-order chi connectivity index (χ0) is 11.1. The molecule has 2 aliphatic rings. The highest BCUT2D eigenvalue weighted by molar-refractivity contribution is 9.11. The summed E-state index contributed by atoms with van der Waals surface area (Å²) in [7, 11) is 0. The van der Waals surface area contributed by atoms with Gasteiger partial charge in [0.05, 0.1) is 15.5 Å². The van der Waals surface area contributed by atoms with Gasteiger partial charge in [-0.05, 0) is 41.3 Å². The Bertz CT molecular complexity index is 432. The first-order chi connectivity index (χ1) is 7.74. The third kappa shape index (κ3) is 1.81. The molecule has 1 aromatic heterocycles. The van der Waals surface area contributed by atoms with Crippen LogP contribution in [0.5, 0.6) is 0 Å². The number of thiophene rings is 1. The minimum Gasteiger partial charge on any atom is -0.336 e. The smallest absolute Gasteiger partial charge is 0.253 e. The number of nitrogens with one attached hydrogen (secondary N) is 1. The fourth-order valence-corrected chi connectivity index (χ4v) is 4.18. The maximum Gasteiger partial charge on any atom is 0.253 e. The molecule has 5 heteroatoms. The van der Waals surface area contributed by atoms with Crippen LogP contribution in [0, 0.1) is 0 Å². The lowest BCUT2D eigenvalue weighted by Gasteiger charge is -2.33. The molecule has 3 rings (SSSR count). The molecule has 0 bridgehead atoms. The first-order valence-electron chi connectivity index (χ1n) is 5.57. The number of halogens is 1. The van der Waals surface area contributed by atoms with E-state index in [4.69, 9.17) is 0 Å². The van der Waals surface area contributed by atoms with Gasteiger partial charge in [0.25, 0.3) is 5.91 Å². The van der Waals surface area contributed by atoms with Gasteiger partial charge in [-0.15, -0.1) is 11.3 Å². The van der Waals surface area contributed by atoms with E-state index in [1.165, 1.54) is 17.7 Å². The highest BCUT2D eigenvalue weighted by Gasteiger charge is 2.30. The van der Waals surface area contributed by atoms with Crippen molar-refractivity contribution in [3.8, 4) is 0 Å². The van der Waals surface area contributed by atoms with Gasteiger partial charge in [0.15, 0.2) is 0 Å². The molecule has 0 unspecified atom stereocenters. The van der Waals surface area contributed by atoms with E-state index in [1.807, 2.05) is 6.07 Å². The van der Waals surface area contributed by atoms with Crippen molar-refractivity contribution in [1.82, 2.24) is 10.2 Å². The van der Waals surface area contributed by atoms with Crippen molar-refractivity contribution in [2.24, 2.45) is 0 Å². The molecule has 0 spiro atoms. The second-order valence-corrected chi connectivity index (χ2v) is 6.86. The predicted octanol–water partition coefficient (Wildman–Crippen LogP) is 2.57. The van der Waals surface area contributed by atoms with Crippen molar-refractivity contribution < 1.29 is 4.79 Å². The Balaban J connectivity index is 1.95. The van der Waals surface area contributed by atoms with E-state index in [2.05, 4.69) is 26.1 Å². The van der Waals surface area contributed by atoms with Gasteiger partial charge < -0.3 is 5.32 Å². The van der Waals surface area contributed by atoms with E-state index in [9.17, 15) is 4.79 Å². The molecule has 0 aromatic carbocycles. The Morgan fingerprint density at radius 3 is 3.25 bits per heavy atom. The number of piperidine rings is 1. The maximum absolute atomic E-state index is 12.0.